The number of ketones is 1. The van der Waals surface area contributed by atoms with Crippen LogP contribution in [0.15, 0.2) is 35.4 Å². The summed E-state index contributed by atoms with van der Waals surface area (Å²) in [7, 11) is 0. The predicted octanol–water partition coefficient (Wildman–Crippen LogP) is 2.60. The molecule has 0 heterocycles. The molecule has 1 aliphatic carbocycles. The molecule has 0 unspecified atom stereocenters. The van der Waals surface area contributed by atoms with Crippen LogP contribution in [0.3, 0.4) is 0 Å². The van der Waals surface area contributed by atoms with Gasteiger partial charge in [-0.2, -0.15) is 5.10 Å². The summed E-state index contributed by atoms with van der Waals surface area (Å²) in [5, 5.41) is 4.15. The van der Waals surface area contributed by atoms with Crippen LogP contribution in [0, 0.1) is 0 Å². The fourth-order valence-electron chi connectivity index (χ4n) is 1.62. The number of nitrogens with zero attached hydrogens (tertiary/aromatic N) is 1. The highest BCUT2D eigenvalue weighted by Crippen LogP contribution is 2.13. The van der Waals surface area contributed by atoms with Crippen LogP contribution >= 0.6 is 0 Å². The molecule has 0 aromatic heterocycles. The molecule has 1 fully saturated rings. The van der Waals surface area contributed by atoms with Gasteiger partial charge in [0, 0.05) is 6.42 Å². The van der Waals surface area contributed by atoms with Gasteiger partial charge < -0.3 is 0 Å². The van der Waals surface area contributed by atoms with Crippen molar-refractivity contribution in [2.24, 2.45) is 5.10 Å². The molecule has 0 saturated heterocycles. The molecule has 1 saturated carbocycles. The second-order valence-corrected chi connectivity index (χ2v) is 3.67. The fourth-order valence-corrected chi connectivity index (χ4v) is 1.62. The van der Waals surface area contributed by atoms with Gasteiger partial charge in [0.15, 0.2) is 5.78 Å². The normalized spacial score (nSPS) is 19.2. The molecule has 0 bridgehead atoms. The van der Waals surface area contributed by atoms with Crippen molar-refractivity contribution < 1.29 is 4.79 Å². The van der Waals surface area contributed by atoms with Crippen molar-refractivity contribution in [3.8, 4) is 0 Å². The van der Waals surface area contributed by atoms with Crippen LogP contribution in [-0.4, -0.2) is 11.5 Å². The van der Waals surface area contributed by atoms with E-state index in [9.17, 15) is 4.79 Å². The van der Waals surface area contributed by atoms with Gasteiger partial charge in [-0.25, -0.2) is 0 Å². The first-order valence-electron chi connectivity index (χ1n) is 5.27. The Kier molecular flexibility index (Phi) is 3.12. The third-order valence-electron chi connectivity index (χ3n) is 2.48. The van der Waals surface area contributed by atoms with Crippen molar-refractivity contribution in [1.29, 1.82) is 0 Å². The molecule has 0 spiro atoms. The van der Waals surface area contributed by atoms with E-state index < -0.39 is 0 Å². The monoisotopic (exact) mass is 202 g/mol. The van der Waals surface area contributed by atoms with Gasteiger partial charge in [-0.3, -0.25) is 10.2 Å². The maximum Gasteiger partial charge on any atom is 0.178 e. The number of carbonyl (C=O) groups is 1. The molecule has 0 amide bonds. The number of hydrazone groups is 1. The van der Waals surface area contributed by atoms with Crippen LogP contribution in [0.5, 0.6) is 0 Å². The van der Waals surface area contributed by atoms with Crippen molar-refractivity contribution in [2.75, 3.05) is 5.43 Å². The van der Waals surface area contributed by atoms with Gasteiger partial charge in [0.1, 0.15) is 5.71 Å². The zero-order chi connectivity index (χ0) is 10.5. The van der Waals surface area contributed by atoms with Crippen molar-refractivity contribution in [2.45, 2.75) is 25.7 Å². The maximum absolute atomic E-state index is 11.4. The lowest BCUT2D eigenvalue weighted by molar-refractivity contribution is -0.113. The summed E-state index contributed by atoms with van der Waals surface area (Å²) in [6.07, 6.45) is 3.53. The Labute approximate surface area is 89.2 Å². The van der Waals surface area contributed by atoms with Gasteiger partial charge in [0.05, 0.1) is 5.69 Å². The first-order chi connectivity index (χ1) is 7.36. The van der Waals surface area contributed by atoms with Crippen LogP contribution < -0.4 is 5.43 Å². The Hall–Kier alpha value is -1.64. The average molecular weight is 202 g/mol. The second-order valence-electron chi connectivity index (χ2n) is 3.67. The summed E-state index contributed by atoms with van der Waals surface area (Å²) < 4.78 is 0. The van der Waals surface area contributed by atoms with E-state index >= 15 is 0 Å². The standard InChI is InChI=1S/C12H14N2O/c15-12-9-5-4-8-11(12)14-13-10-6-2-1-3-7-10/h1-3,6-7,13H,4-5,8-9H2. The highest BCUT2D eigenvalue weighted by atomic mass is 16.1. The lowest BCUT2D eigenvalue weighted by Gasteiger charge is -2.11. The zero-order valence-corrected chi connectivity index (χ0v) is 8.57. The molecule has 1 N–H and O–H groups in total. The van der Waals surface area contributed by atoms with E-state index in [1.807, 2.05) is 30.3 Å². The summed E-state index contributed by atoms with van der Waals surface area (Å²) in [6.45, 7) is 0. The first-order valence-corrected chi connectivity index (χ1v) is 5.27. The van der Waals surface area contributed by atoms with Gasteiger partial charge in [0.25, 0.3) is 0 Å². The Balaban J connectivity index is 2.01. The fraction of sp³-hybridized carbons (Fsp3) is 0.333. The van der Waals surface area contributed by atoms with Crippen molar-refractivity contribution >= 4 is 17.2 Å². The number of Topliss-reactive ketones (excluding diaryl/α,β-unsaturated/α-hetero) is 1. The van der Waals surface area contributed by atoms with Crippen LogP contribution in [-0.2, 0) is 4.79 Å². The van der Waals surface area contributed by atoms with Crippen molar-refractivity contribution in [3.63, 3.8) is 0 Å². The van der Waals surface area contributed by atoms with Crippen molar-refractivity contribution in [3.05, 3.63) is 30.3 Å². The number of carbonyl (C=O) groups excluding carboxylic acids is 1. The van der Waals surface area contributed by atoms with E-state index in [-0.39, 0.29) is 5.78 Å². The minimum Gasteiger partial charge on any atom is -0.293 e. The molecule has 3 nitrogen and oxygen atoms in total. The molecule has 1 aliphatic rings. The predicted molar refractivity (Wildman–Crippen MR) is 61.0 cm³/mol. The quantitative estimate of drug-likeness (QED) is 0.749. The van der Waals surface area contributed by atoms with Gasteiger partial charge in [-0.1, -0.05) is 18.2 Å². The van der Waals surface area contributed by atoms with Crippen LogP contribution in [0.4, 0.5) is 5.69 Å². The summed E-state index contributed by atoms with van der Waals surface area (Å²) >= 11 is 0. The smallest absolute Gasteiger partial charge is 0.178 e. The number of para-hydroxylation sites is 1. The minimum atomic E-state index is 0.185. The van der Waals surface area contributed by atoms with Gasteiger partial charge in [0.2, 0.25) is 0 Å². The summed E-state index contributed by atoms with van der Waals surface area (Å²) in [5.74, 6) is 0.185. The molecule has 0 atom stereocenters. The van der Waals surface area contributed by atoms with E-state index in [2.05, 4.69) is 10.5 Å². The Morgan fingerprint density at radius 1 is 1.07 bits per heavy atom. The average Bonchev–Trinajstić information content (AvgIpc) is 2.29. The van der Waals surface area contributed by atoms with E-state index in [1.165, 1.54) is 0 Å². The Morgan fingerprint density at radius 2 is 1.80 bits per heavy atom. The number of anilines is 1. The van der Waals surface area contributed by atoms with E-state index in [1.54, 1.807) is 0 Å². The van der Waals surface area contributed by atoms with Gasteiger partial charge in [-0.05, 0) is 31.4 Å². The van der Waals surface area contributed by atoms with Crippen LogP contribution in [0.2, 0.25) is 0 Å². The SMILES string of the molecule is O=C1CCCCC1=NNc1ccccc1. The first kappa shape index (κ1) is 9.90. The van der Waals surface area contributed by atoms with E-state index in [0.29, 0.717) is 12.1 Å². The van der Waals surface area contributed by atoms with Gasteiger partial charge in [-0.15, -0.1) is 0 Å². The third-order valence-corrected chi connectivity index (χ3v) is 2.48. The second kappa shape index (κ2) is 4.73. The summed E-state index contributed by atoms with van der Waals surface area (Å²) in [6, 6.07) is 9.68. The summed E-state index contributed by atoms with van der Waals surface area (Å²) in [5.41, 5.74) is 4.52. The molecular formula is C12H14N2O. The van der Waals surface area contributed by atoms with Crippen molar-refractivity contribution in [1.82, 2.24) is 0 Å². The highest BCUT2D eigenvalue weighted by molar-refractivity contribution is 6.40. The molecule has 1 aromatic rings. The topological polar surface area (TPSA) is 41.5 Å². The Morgan fingerprint density at radius 3 is 2.53 bits per heavy atom. The lowest BCUT2D eigenvalue weighted by Crippen LogP contribution is -2.19. The number of nitrogens with one attached hydrogen (secondary N) is 1. The molecule has 0 aliphatic heterocycles. The van der Waals surface area contributed by atoms with Crippen LogP contribution in [0.1, 0.15) is 25.7 Å². The summed E-state index contributed by atoms with van der Waals surface area (Å²) in [4.78, 5) is 11.4. The molecule has 15 heavy (non-hydrogen) atoms. The third kappa shape index (κ3) is 2.65. The highest BCUT2D eigenvalue weighted by Gasteiger charge is 2.16. The molecule has 78 valence electrons. The number of hydrogen-bond acceptors (Lipinski definition) is 3. The van der Waals surface area contributed by atoms with E-state index in [0.717, 1.165) is 24.9 Å². The van der Waals surface area contributed by atoms with Gasteiger partial charge >= 0.3 is 0 Å². The number of benzene rings is 1. The van der Waals surface area contributed by atoms with E-state index in [4.69, 9.17) is 0 Å². The molecule has 1 aromatic carbocycles. The minimum absolute atomic E-state index is 0.185. The molecule has 0 radical (unpaired) electrons. The largest absolute Gasteiger partial charge is 0.293 e. The Bertz CT molecular complexity index is 370. The number of hydrogen-bond donors (Lipinski definition) is 1. The van der Waals surface area contributed by atoms with Crippen LogP contribution in [0.25, 0.3) is 0 Å². The molecule has 3 heteroatoms. The molecule has 2 rings (SSSR count). The lowest BCUT2D eigenvalue weighted by atomic mass is 9.97. The number of rotatable bonds is 2. The zero-order valence-electron chi connectivity index (χ0n) is 8.57. The molecular weight excluding hydrogens is 188 g/mol. The maximum atomic E-state index is 11.4.